The van der Waals surface area contributed by atoms with Crippen molar-refractivity contribution in [2.24, 2.45) is 0 Å². The van der Waals surface area contributed by atoms with E-state index >= 15 is 0 Å². The first-order chi connectivity index (χ1) is 52.4. The van der Waals surface area contributed by atoms with Crippen molar-refractivity contribution in [3.63, 3.8) is 0 Å². The van der Waals surface area contributed by atoms with Crippen LogP contribution in [-0.4, -0.2) is 208 Å². The molecular weight excluding hydrogens is 2340 g/mol. The fraction of sp³-hybridized carbons (Fsp3) is 0.383. The Morgan fingerprint density at radius 3 is 1.21 bits per heavy atom. The van der Waals surface area contributed by atoms with Gasteiger partial charge in [-0.25, -0.2) is 27.1 Å². The van der Waals surface area contributed by atoms with E-state index < -0.39 is 49.3 Å². The second-order valence-electron chi connectivity index (χ2n) is 22.3. The van der Waals surface area contributed by atoms with Gasteiger partial charge in [0.05, 0.1) is 43.7 Å². The Morgan fingerprint density at radius 1 is 0.547 bits per heavy atom. The number of H-pyrrole nitrogens is 1. The van der Waals surface area contributed by atoms with Crippen LogP contribution in [0.2, 0.25) is 0 Å². The maximum absolute atomic E-state index is 12.0. The van der Waals surface area contributed by atoms with Crippen LogP contribution in [0.3, 0.4) is 0 Å². The number of nitro groups is 5. The summed E-state index contributed by atoms with van der Waals surface area (Å²) in [5.74, 6) is 1.30. The van der Waals surface area contributed by atoms with Crippen molar-refractivity contribution in [1.82, 2.24) is 58.3 Å². The van der Waals surface area contributed by atoms with E-state index in [1.807, 2.05) is 91.0 Å². The first kappa shape index (κ1) is 116. The van der Waals surface area contributed by atoms with Crippen molar-refractivity contribution < 1.29 is 85.7 Å². The van der Waals surface area contributed by atoms with Crippen molar-refractivity contribution in [2.45, 2.75) is 104 Å². The monoisotopic (exact) mass is 2420 g/mol. The van der Waals surface area contributed by atoms with Crippen LogP contribution >= 0.6 is 147 Å². The minimum atomic E-state index is -3.51. The molecule has 3 aromatic carbocycles. The molecule has 11 rings (SSSR count). The Morgan fingerprint density at radius 2 is 0.889 bits per heavy atom. The van der Waals surface area contributed by atoms with Gasteiger partial charge in [-0.2, -0.15) is 28.8 Å². The first-order valence-corrected chi connectivity index (χ1v) is 42.5. The molecule has 6 aromatic heterocycles. The number of rotatable bonds is 27. The van der Waals surface area contributed by atoms with Crippen LogP contribution in [0.5, 0.6) is 0 Å². The van der Waals surface area contributed by atoms with E-state index in [0.717, 1.165) is 66.9 Å². The average molecular weight is 2430 g/mol. The molecule has 2 aliphatic rings. The van der Waals surface area contributed by atoms with Gasteiger partial charge in [0.15, 0.2) is 9.21 Å². The van der Waals surface area contributed by atoms with Gasteiger partial charge in [-0.3, -0.25) is 83.5 Å². The number of aliphatic hydroxyl groups is 3. The van der Waals surface area contributed by atoms with Crippen LogP contribution in [0.1, 0.15) is 59.5 Å². The van der Waals surface area contributed by atoms with Crippen LogP contribution in [-0.2, 0) is 109 Å². The van der Waals surface area contributed by atoms with E-state index in [2.05, 4.69) is 168 Å². The van der Waals surface area contributed by atoms with Gasteiger partial charge >= 0.3 is 82.9 Å². The summed E-state index contributed by atoms with van der Waals surface area (Å²) in [5, 5.41) is 108. The molecule has 656 valence electrons. The van der Waals surface area contributed by atoms with Crippen LogP contribution in [0.4, 0.5) is 57.4 Å². The number of benzene rings is 3. The third kappa shape index (κ3) is 38.3. The summed E-state index contributed by atoms with van der Waals surface area (Å²) < 4.78 is 57.4. The zero-order valence-corrected chi connectivity index (χ0v) is 83.0. The van der Waals surface area contributed by atoms with Crippen LogP contribution in [0, 0.1) is 58.0 Å². The molecule has 0 bridgehead atoms. The van der Waals surface area contributed by atoms with E-state index in [9.17, 15) is 77.0 Å². The molecule has 2 aliphatic heterocycles. The van der Waals surface area contributed by atoms with Gasteiger partial charge in [-0.1, -0.05) is 107 Å². The fourth-order valence-electron chi connectivity index (χ4n) is 9.47. The quantitative estimate of drug-likeness (QED) is 0.00337. The Balaban J connectivity index is -0.000000319. The summed E-state index contributed by atoms with van der Waals surface area (Å²) in [5.41, 5.74) is 12.7. The summed E-state index contributed by atoms with van der Waals surface area (Å²) in [6.45, 7) is 5.40. The van der Waals surface area contributed by atoms with E-state index in [1.165, 1.54) is 18.7 Å². The molecule has 8 heterocycles. The second kappa shape index (κ2) is 58.6. The number of nitrogens with one attached hydrogen (secondary N) is 4. The van der Waals surface area contributed by atoms with E-state index in [-0.39, 0.29) is 207 Å². The number of aromatic nitrogens is 12. The Kier molecular flexibility index (Phi) is 58.1. The van der Waals surface area contributed by atoms with Crippen LogP contribution in [0.25, 0.3) is 6.15 Å². The SMILES string of the molecule is CS(=O)(=O)Cl.CS(=O)(=O)OCCCn1nc(Br)c([N+](=O)[O-])c1NCc1ccccc1.Cl.Cl.Nc1c(N)n2n(c1=O)CCC2.O=[N+]([O-])c1c(Br)n[nH]c1Br.O=[N+]([O-])c1c(Br)nn(CCCO)c1Br.O=[N+]([O-])c1c(Br)nn(CCCO)c1NCc1ccccc1.O=c1c([N+](=O)[O-])c(NCc2ccccc2)n2n1CCC2.OCCCBr.[2HH].[2HH].[Ba+2].[CH3-].[H-].[NH2-].[Pd]. The second-order valence-corrected chi connectivity index (χ2v) is 32.4. The van der Waals surface area contributed by atoms with E-state index in [4.69, 9.17) is 26.8 Å². The van der Waals surface area contributed by atoms with Crippen molar-refractivity contribution in [2.75, 3.05) is 71.7 Å². The molecular formula is C60H86BaBr7Cl3N23O20PdS2-. The number of hydrogen-bond donors (Lipinski definition) is 9. The third-order valence-corrected chi connectivity index (χ3v) is 18.9. The summed E-state index contributed by atoms with van der Waals surface area (Å²) in [6, 6.07) is 28.6. The topological polar surface area (TPSA) is 612 Å². The van der Waals surface area contributed by atoms with Crippen molar-refractivity contribution >= 4 is 272 Å². The minimum absolute atomic E-state index is 0. The zero-order valence-electron chi connectivity index (χ0n) is 62.9. The number of fused-ring (bicyclic) bond motifs is 2. The van der Waals surface area contributed by atoms with Gasteiger partial charge in [0.2, 0.25) is 44.9 Å². The summed E-state index contributed by atoms with van der Waals surface area (Å²) in [4.78, 5) is 74.9. The Bertz CT molecular complexity index is 4940. The predicted molar refractivity (Wildman–Crippen MR) is 474 cm³/mol. The minimum Gasteiger partial charge on any atom is -1.00 e. The average Bonchev–Trinajstić information content (AvgIpc) is 1.63. The van der Waals surface area contributed by atoms with Gasteiger partial charge < -0.3 is 57.7 Å². The summed E-state index contributed by atoms with van der Waals surface area (Å²) >= 11 is 21.3. The predicted octanol–water partition coefficient (Wildman–Crippen LogP) is 12.6. The zero-order chi connectivity index (χ0) is 82.9. The molecule has 9 aromatic rings. The van der Waals surface area contributed by atoms with Gasteiger partial charge in [0.1, 0.15) is 11.5 Å². The molecule has 43 nitrogen and oxygen atoms in total. The standard InChI is InChI=1S/C14H17BrN4O5S.C13H15BrN4O3.C13H14N4O3.C6H7Br2N3O3.C6H10N4O.C3HBr2N3O2.C3H7BrO.CH3ClO2S.CH3.Ba.2ClH.H2N.Pd.2H2.H/c1-25(22,23)24-9-5-8-18-14(12(19(20)21)13(15)17-18)16-10-11-6-3-2-4-7-11;14-12-11(18(20)21)13(17(16-12)7-4-8-19)15-9-10-5-2-1-3-6-10;18-13-11(17(19)20)12(15-7-4-8-16(13)15)14-9-10-5-2-1-3-6-10;7-5-4(11(13)14)6(8)10(9-5)2-1-3-12;7-4-5(8)9-2-1-3-10(9)6(4)11;4-2-1(8(9)10)3(5)7-6-2;4-2-1-3-5;1-5(2,3)4;;;;;;;;;/h2-4,6-7,16H,5,8-10H2,1H3;1-3,5-6,15,19H,4,7-9H2;1-3,5-6,14H,4,7-9H2;12H,1-3H2;1-3,7-8H2;(H,6,7);5H,1-3H2;1H3;1H3;;2*1H;1H2;;2*1H;/q;;;;;;;;-1;+2;;;-1;;;;-1/i;;;;;;;;;;;;;;2*1+1;. The van der Waals surface area contributed by atoms with Gasteiger partial charge in [-0.15, -0.1) is 24.8 Å². The molecule has 0 aliphatic carbocycles. The smallest absolute Gasteiger partial charge is 1.00 e. The number of alkyl halides is 1. The summed E-state index contributed by atoms with van der Waals surface area (Å²) in [6.07, 6.45) is 5.87. The molecule has 0 spiro atoms. The fourth-order valence-corrected chi connectivity index (χ4v) is 13.7. The van der Waals surface area contributed by atoms with Crippen molar-refractivity contribution in [1.29, 1.82) is 0 Å². The van der Waals surface area contributed by atoms with Crippen molar-refractivity contribution in [3.8, 4) is 0 Å². The molecule has 0 atom stereocenters. The number of nitrogens with zero attached hydrogens (tertiary/aromatic N) is 16. The molecule has 13 N–H and O–H groups in total. The number of nitrogens with two attached hydrogens (primary N) is 3. The molecule has 0 radical (unpaired) electrons. The first-order valence-electron chi connectivity index (χ1n) is 32.1. The number of anilines is 5. The number of hydrogen-bond acceptors (Lipinski definition) is 29. The molecule has 0 saturated heterocycles. The Labute approximate surface area is 803 Å². The van der Waals surface area contributed by atoms with Crippen molar-refractivity contribution in [3.05, 3.63) is 220 Å². The largest absolute Gasteiger partial charge is 2.00 e. The number of aromatic amines is 1. The van der Waals surface area contributed by atoms with E-state index in [0.29, 0.717) is 93.7 Å². The van der Waals surface area contributed by atoms with Gasteiger partial charge in [-0.05, 0) is 151 Å². The maximum Gasteiger partial charge on any atom is 2.00 e. The number of aliphatic hydroxyl groups excluding tert-OH is 3. The molecule has 0 saturated carbocycles. The number of halogens is 10. The number of nitrogen functional groups attached to an aromatic ring is 2. The van der Waals surface area contributed by atoms with Gasteiger partial charge in [0.25, 0.3) is 15.7 Å². The molecule has 0 unspecified atom stereocenters. The summed E-state index contributed by atoms with van der Waals surface area (Å²) in [7, 11) is -2.21. The van der Waals surface area contributed by atoms with Crippen LogP contribution < -0.4 is 38.5 Å². The molecule has 0 fully saturated rings. The normalized spacial score (nSPS) is 11.0. The number of aryl methyl sites for hydroxylation is 3. The molecule has 0 amide bonds. The molecule has 117 heavy (non-hydrogen) atoms. The maximum atomic E-state index is 12.0. The Hall–Kier alpha value is -5.32. The molecule has 57 heteroatoms. The van der Waals surface area contributed by atoms with Gasteiger partial charge in [0, 0.05) is 125 Å². The van der Waals surface area contributed by atoms with Crippen LogP contribution in [0.15, 0.2) is 128 Å². The van der Waals surface area contributed by atoms with E-state index in [1.54, 1.807) is 14.0 Å². The third-order valence-electron chi connectivity index (χ3n) is 14.2.